The van der Waals surface area contributed by atoms with Crippen LogP contribution in [0.2, 0.25) is 0 Å². The van der Waals surface area contributed by atoms with Crippen LogP contribution >= 0.6 is 11.8 Å². The van der Waals surface area contributed by atoms with Crippen LogP contribution in [0.3, 0.4) is 0 Å². The Kier molecular flexibility index (Phi) is 5.23. The van der Waals surface area contributed by atoms with Gasteiger partial charge in [-0.1, -0.05) is 30.0 Å². The van der Waals surface area contributed by atoms with Crippen LogP contribution in [0.25, 0.3) is 5.69 Å². The Morgan fingerprint density at radius 2 is 1.80 bits per heavy atom. The Labute approximate surface area is 151 Å². The first-order valence-corrected chi connectivity index (χ1v) is 8.81. The van der Waals surface area contributed by atoms with E-state index in [0.29, 0.717) is 5.75 Å². The van der Waals surface area contributed by atoms with Crippen LogP contribution in [-0.4, -0.2) is 34.4 Å². The van der Waals surface area contributed by atoms with Crippen LogP contribution in [0.4, 0.5) is 0 Å². The van der Waals surface area contributed by atoms with Gasteiger partial charge in [-0.3, -0.25) is 0 Å². The highest BCUT2D eigenvalue weighted by atomic mass is 32.2. The topological polar surface area (TPSA) is 62.1 Å². The van der Waals surface area contributed by atoms with E-state index in [2.05, 4.69) is 41.5 Å². The SMILES string of the molecule is COc1ccc(OC)c(CSc2nnnn2-c2c(C)cccc2C)c1. The van der Waals surface area contributed by atoms with Crippen molar-refractivity contribution < 1.29 is 9.47 Å². The van der Waals surface area contributed by atoms with E-state index in [9.17, 15) is 0 Å². The lowest BCUT2D eigenvalue weighted by atomic mass is 10.1. The first kappa shape index (κ1) is 17.3. The van der Waals surface area contributed by atoms with Crippen molar-refractivity contribution in [3.05, 3.63) is 53.1 Å². The number of para-hydroxylation sites is 1. The van der Waals surface area contributed by atoms with Crippen molar-refractivity contribution in [1.29, 1.82) is 0 Å². The van der Waals surface area contributed by atoms with E-state index in [4.69, 9.17) is 9.47 Å². The Morgan fingerprint density at radius 3 is 2.48 bits per heavy atom. The zero-order chi connectivity index (χ0) is 17.8. The van der Waals surface area contributed by atoms with Crippen LogP contribution in [-0.2, 0) is 5.75 Å². The van der Waals surface area contributed by atoms with Crippen LogP contribution in [0.5, 0.6) is 11.5 Å². The third-order valence-corrected chi connectivity index (χ3v) is 4.90. The quantitative estimate of drug-likeness (QED) is 0.629. The zero-order valence-electron chi connectivity index (χ0n) is 14.7. The molecule has 25 heavy (non-hydrogen) atoms. The summed E-state index contributed by atoms with van der Waals surface area (Å²) in [7, 11) is 3.32. The second kappa shape index (κ2) is 7.57. The molecular weight excluding hydrogens is 336 g/mol. The van der Waals surface area contributed by atoms with Crippen molar-refractivity contribution in [3.8, 4) is 17.2 Å². The minimum Gasteiger partial charge on any atom is -0.497 e. The largest absolute Gasteiger partial charge is 0.497 e. The smallest absolute Gasteiger partial charge is 0.214 e. The lowest BCUT2D eigenvalue weighted by molar-refractivity contribution is 0.400. The summed E-state index contributed by atoms with van der Waals surface area (Å²) in [5.74, 6) is 2.29. The third kappa shape index (κ3) is 3.61. The van der Waals surface area contributed by atoms with Gasteiger partial charge in [0.25, 0.3) is 0 Å². The molecule has 0 atom stereocenters. The lowest BCUT2D eigenvalue weighted by Crippen LogP contribution is -2.04. The predicted molar refractivity (Wildman–Crippen MR) is 97.7 cm³/mol. The molecule has 0 saturated carbocycles. The molecule has 0 fully saturated rings. The van der Waals surface area contributed by atoms with E-state index in [-0.39, 0.29) is 0 Å². The number of hydrogen-bond donors (Lipinski definition) is 0. The molecular formula is C18H20N4O2S. The van der Waals surface area contributed by atoms with Crippen molar-refractivity contribution in [1.82, 2.24) is 20.2 Å². The van der Waals surface area contributed by atoms with E-state index in [1.54, 1.807) is 30.7 Å². The average molecular weight is 356 g/mol. The number of hydrogen-bond acceptors (Lipinski definition) is 6. The lowest BCUT2D eigenvalue weighted by Gasteiger charge is -2.12. The van der Waals surface area contributed by atoms with Gasteiger partial charge in [-0.25, -0.2) is 0 Å². The molecule has 6 nitrogen and oxygen atoms in total. The molecule has 0 bridgehead atoms. The van der Waals surface area contributed by atoms with Gasteiger partial charge in [-0.15, -0.1) is 5.10 Å². The number of tetrazole rings is 1. The van der Waals surface area contributed by atoms with Gasteiger partial charge in [0.1, 0.15) is 11.5 Å². The number of aryl methyl sites for hydroxylation is 2. The van der Waals surface area contributed by atoms with Gasteiger partial charge in [0.15, 0.2) is 0 Å². The fourth-order valence-corrected chi connectivity index (χ4v) is 3.54. The van der Waals surface area contributed by atoms with E-state index in [1.165, 1.54) is 0 Å². The van der Waals surface area contributed by atoms with Crippen molar-refractivity contribution in [2.24, 2.45) is 0 Å². The number of aromatic nitrogens is 4. The fourth-order valence-electron chi connectivity index (χ4n) is 2.69. The van der Waals surface area contributed by atoms with E-state index in [0.717, 1.165) is 39.0 Å². The molecule has 0 radical (unpaired) electrons. The third-order valence-electron chi connectivity index (χ3n) is 3.94. The minimum atomic E-state index is 0.672. The molecule has 0 aliphatic carbocycles. The Bertz CT molecular complexity index is 859. The molecule has 1 heterocycles. The standard InChI is InChI=1S/C18H20N4O2S/c1-12-6-5-7-13(2)17(12)22-18(19-20-21-22)25-11-14-10-15(23-3)8-9-16(14)24-4/h5-10H,11H2,1-4H3. The Hall–Kier alpha value is -2.54. The van der Waals surface area contributed by atoms with E-state index in [1.807, 2.05) is 24.3 Å². The molecule has 0 aliphatic rings. The summed E-state index contributed by atoms with van der Waals surface area (Å²) in [4.78, 5) is 0. The van der Waals surface area contributed by atoms with Gasteiger partial charge in [0, 0.05) is 11.3 Å². The van der Waals surface area contributed by atoms with Crippen molar-refractivity contribution in [3.63, 3.8) is 0 Å². The molecule has 0 aliphatic heterocycles. The summed E-state index contributed by atoms with van der Waals surface area (Å²) in [5, 5.41) is 12.9. The zero-order valence-corrected chi connectivity index (χ0v) is 15.5. The Morgan fingerprint density at radius 1 is 1.04 bits per heavy atom. The van der Waals surface area contributed by atoms with Crippen molar-refractivity contribution in [2.75, 3.05) is 14.2 Å². The molecule has 1 aromatic heterocycles. The van der Waals surface area contributed by atoms with Gasteiger partial charge in [0.05, 0.1) is 19.9 Å². The number of ether oxygens (including phenoxy) is 2. The summed E-state index contributed by atoms with van der Waals surface area (Å²) in [5.41, 5.74) is 4.32. The second-order valence-corrected chi connectivity index (χ2v) is 6.52. The number of rotatable bonds is 6. The van der Waals surface area contributed by atoms with Gasteiger partial charge < -0.3 is 9.47 Å². The minimum absolute atomic E-state index is 0.672. The first-order valence-electron chi connectivity index (χ1n) is 7.82. The summed E-state index contributed by atoms with van der Waals surface area (Å²) in [6.07, 6.45) is 0. The van der Waals surface area contributed by atoms with Crippen molar-refractivity contribution >= 4 is 11.8 Å². The molecule has 3 aromatic rings. The normalized spacial score (nSPS) is 10.7. The second-order valence-electron chi connectivity index (χ2n) is 5.58. The summed E-state index contributed by atoms with van der Waals surface area (Å²) < 4.78 is 12.5. The van der Waals surface area contributed by atoms with Crippen LogP contribution < -0.4 is 9.47 Å². The van der Waals surface area contributed by atoms with Gasteiger partial charge in [0.2, 0.25) is 5.16 Å². The van der Waals surface area contributed by atoms with Gasteiger partial charge >= 0.3 is 0 Å². The highest BCUT2D eigenvalue weighted by Crippen LogP contribution is 2.31. The molecule has 0 saturated heterocycles. The van der Waals surface area contributed by atoms with Gasteiger partial charge in [-0.05, 0) is 53.6 Å². The highest BCUT2D eigenvalue weighted by Gasteiger charge is 2.14. The monoisotopic (exact) mass is 356 g/mol. The fraction of sp³-hybridized carbons (Fsp3) is 0.278. The summed E-state index contributed by atoms with van der Waals surface area (Å²) in [6.45, 7) is 4.12. The molecule has 2 aromatic carbocycles. The van der Waals surface area contributed by atoms with Crippen LogP contribution in [0, 0.1) is 13.8 Å². The summed E-state index contributed by atoms with van der Waals surface area (Å²) in [6, 6.07) is 11.9. The highest BCUT2D eigenvalue weighted by molar-refractivity contribution is 7.98. The van der Waals surface area contributed by atoms with Crippen LogP contribution in [0.1, 0.15) is 16.7 Å². The number of methoxy groups -OCH3 is 2. The maximum atomic E-state index is 5.44. The molecule has 0 amide bonds. The predicted octanol–water partition coefficient (Wildman–Crippen LogP) is 3.59. The average Bonchev–Trinajstić information content (AvgIpc) is 3.07. The van der Waals surface area contributed by atoms with E-state index >= 15 is 0 Å². The molecule has 130 valence electrons. The first-order chi connectivity index (χ1) is 12.1. The maximum Gasteiger partial charge on any atom is 0.214 e. The molecule has 7 heteroatoms. The van der Waals surface area contributed by atoms with Gasteiger partial charge in [-0.2, -0.15) is 4.68 Å². The number of thioether (sulfide) groups is 1. The van der Waals surface area contributed by atoms with E-state index < -0.39 is 0 Å². The molecule has 0 unspecified atom stereocenters. The molecule has 3 rings (SSSR count). The Balaban J connectivity index is 1.88. The number of nitrogens with zero attached hydrogens (tertiary/aromatic N) is 4. The number of benzene rings is 2. The maximum absolute atomic E-state index is 5.44. The molecule has 0 spiro atoms. The van der Waals surface area contributed by atoms with Crippen LogP contribution in [0.15, 0.2) is 41.6 Å². The van der Waals surface area contributed by atoms with Crippen molar-refractivity contribution in [2.45, 2.75) is 24.8 Å². The summed E-state index contributed by atoms with van der Waals surface area (Å²) >= 11 is 1.56. The molecule has 0 N–H and O–H groups in total.